The first-order chi connectivity index (χ1) is 10.1. The maximum absolute atomic E-state index is 13.6. The third-order valence-corrected chi connectivity index (χ3v) is 4.52. The van der Waals surface area contributed by atoms with E-state index in [0.717, 1.165) is 10.7 Å². The second-order valence-electron chi connectivity index (χ2n) is 4.25. The van der Waals surface area contributed by atoms with Crippen molar-refractivity contribution in [3.63, 3.8) is 0 Å². The molecule has 3 rings (SSSR count). The molecule has 1 N–H and O–H groups in total. The summed E-state index contributed by atoms with van der Waals surface area (Å²) in [6.07, 6.45) is 1.92. The van der Waals surface area contributed by atoms with Crippen molar-refractivity contribution < 1.29 is 9.13 Å². The maximum atomic E-state index is 13.6. The summed E-state index contributed by atoms with van der Waals surface area (Å²) in [6, 6.07) is 2.70. The molecule has 0 aliphatic heterocycles. The van der Waals surface area contributed by atoms with E-state index in [2.05, 4.69) is 26.2 Å². The molecule has 2 heterocycles. The molecular weight excluding hydrogens is 381 g/mol. The Morgan fingerprint density at radius 3 is 3.10 bits per heavy atom. The first-order valence-electron chi connectivity index (χ1n) is 6.01. The lowest BCUT2D eigenvalue weighted by Crippen LogP contribution is -2.08. The van der Waals surface area contributed by atoms with Crippen molar-refractivity contribution in [2.45, 2.75) is 6.54 Å². The summed E-state index contributed by atoms with van der Waals surface area (Å²) in [6.45, 7) is 0.584. The molecule has 0 amide bonds. The standard InChI is InChI=1S/C13H10BrClFN3OS/c1-17-6-10-12(18-13-19(10)2-3-21-13)20-11-5-9(16)8(15)4-7(11)14/h2-5,17H,6H2,1H3. The number of nitrogens with one attached hydrogen (secondary N) is 1. The van der Waals surface area contributed by atoms with Crippen LogP contribution in [0, 0.1) is 5.82 Å². The van der Waals surface area contributed by atoms with Gasteiger partial charge >= 0.3 is 0 Å². The van der Waals surface area contributed by atoms with Crippen LogP contribution >= 0.6 is 38.9 Å². The van der Waals surface area contributed by atoms with E-state index in [1.807, 2.05) is 23.0 Å². The van der Waals surface area contributed by atoms with Crippen molar-refractivity contribution in [2.75, 3.05) is 7.05 Å². The SMILES string of the molecule is CNCc1c(Oc2cc(F)c(Cl)cc2Br)nc2sccn12. The van der Waals surface area contributed by atoms with E-state index >= 15 is 0 Å². The zero-order chi connectivity index (χ0) is 15.0. The van der Waals surface area contributed by atoms with E-state index in [1.165, 1.54) is 23.5 Å². The first-order valence-corrected chi connectivity index (χ1v) is 8.06. The Kier molecular flexibility index (Phi) is 4.17. The number of rotatable bonds is 4. The van der Waals surface area contributed by atoms with Gasteiger partial charge in [0, 0.05) is 24.2 Å². The highest BCUT2D eigenvalue weighted by atomic mass is 79.9. The minimum Gasteiger partial charge on any atom is -0.436 e. The van der Waals surface area contributed by atoms with Crippen LogP contribution in [0.3, 0.4) is 0 Å². The minimum absolute atomic E-state index is 0.0375. The van der Waals surface area contributed by atoms with Gasteiger partial charge in [-0.2, -0.15) is 4.98 Å². The van der Waals surface area contributed by atoms with Crippen LogP contribution in [0.15, 0.2) is 28.2 Å². The minimum atomic E-state index is -0.536. The van der Waals surface area contributed by atoms with Gasteiger partial charge in [0.1, 0.15) is 17.3 Å². The van der Waals surface area contributed by atoms with Crippen molar-refractivity contribution in [3.8, 4) is 11.6 Å². The predicted molar refractivity (Wildman–Crippen MR) is 85.0 cm³/mol. The normalized spacial score (nSPS) is 11.2. The fraction of sp³-hybridized carbons (Fsp3) is 0.154. The number of imidazole rings is 1. The summed E-state index contributed by atoms with van der Waals surface area (Å²) in [5, 5.41) is 5.06. The molecule has 0 aliphatic carbocycles. The van der Waals surface area contributed by atoms with Crippen molar-refractivity contribution >= 4 is 43.8 Å². The van der Waals surface area contributed by atoms with Crippen molar-refractivity contribution in [1.82, 2.24) is 14.7 Å². The number of nitrogens with zero attached hydrogens (tertiary/aromatic N) is 2. The van der Waals surface area contributed by atoms with Crippen LogP contribution in [0.2, 0.25) is 5.02 Å². The van der Waals surface area contributed by atoms with Crippen LogP contribution in [0.5, 0.6) is 11.6 Å². The highest BCUT2D eigenvalue weighted by Gasteiger charge is 2.17. The lowest BCUT2D eigenvalue weighted by atomic mass is 10.3. The second-order valence-corrected chi connectivity index (χ2v) is 6.38. The molecule has 0 fully saturated rings. The maximum Gasteiger partial charge on any atom is 0.243 e. The van der Waals surface area contributed by atoms with Crippen LogP contribution in [0.4, 0.5) is 4.39 Å². The number of benzene rings is 1. The topological polar surface area (TPSA) is 38.6 Å². The summed E-state index contributed by atoms with van der Waals surface area (Å²) in [4.78, 5) is 5.24. The molecule has 21 heavy (non-hydrogen) atoms. The molecule has 0 unspecified atom stereocenters. The lowest BCUT2D eigenvalue weighted by molar-refractivity contribution is 0.450. The van der Waals surface area contributed by atoms with Gasteiger partial charge < -0.3 is 10.1 Å². The second kappa shape index (κ2) is 5.92. The summed E-state index contributed by atoms with van der Waals surface area (Å²) in [7, 11) is 1.84. The predicted octanol–water partition coefficient (Wildman–Crippen LogP) is 4.46. The van der Waals surface area contributed by atoms with Gasteiger partial charge in [0.05, 0.1) is 9.50 Å². The number of aromatic nitrogens is 2. The van der Waals surface area contributed by atoms with Crippen LogP contribution in [0.1, 0.15) is 5.69 Å². The Labute approximate surface area is 137 Å². The smallest absolute Gasteiger partial charge is 0.243 e. The third-order valence-electron chi connectivity index (χ3n) is 2.85. The zero-order valence-electron chi connectivity index (χ0n) is 10.9. The molecule has 1 aromatic carbocycles. The van der Waals surface area contributed by atoms with Crippen LogP contribution in [-0.4, -0.2) is 16.4 Å². The number of hydrogen-bond donors (Lipinski definition) is 1. The Hall–Kier alpha value is -1.15. The molecule has 3 aromatic rings. The molecule has 0 spiro atoms. The molecule has 0 aliphatic rings. The monoisotopic (exact) mass is 389 g/mol. The number of fused-ring (bicyclic) bond motifs is 1. The molecule has 4 nitrogen and oxygen atoms in total. The molecule has 8 heteroatoms. The molecular formula is C13H10BrClFN3OS. The van der Waals surface area contributed by atoms with E-state index in [9.17, 15) is 4.39 Å². The number of thiazole rings is 1. The van der Waals surface area contributed by atoms with Crippen LogP contribution in [-0.2, 0) is 6.54 Å². The van der Waals surface area contributed by atoms with E-state index in [0.29, 0.717) is 22.6 Å². The van der Waals surface area contributed by atoms with Gasteiger partial charge in [-0.3, -0.25) is 4.40 Å². The van der Waals surface area contributed by atoms with Crippen LogP contribution < -0.4 is 10.1 Å². The van der Waals surface area contributed by atoms with Gasteiger partial charge in [0.25, 0.3) is 0 Å². The summed E-state index contributed by atoms with van der Waals surface area (Å²) in [5.41, 5.74) is 0.871. The summed E-state index contributed by atoms with van der Waals surface area (Å²) in [5.74, 6) is 0.240. The highest BCUT2D eigenvalue weighted by Crippen LogP contribution is 2.35. The van der Waals surface area contributed by atoms with Crippen molar-refractivity contribution in [1.29, 1.82) is 0 Å². The molecule has 0 atom stereocenters. The Bertz CT molecular complexity index is 804. The first kappa shape index (κ1) is 14.8. The molecule has 110 valence electrons. The molecule has 0 radical (unpaired) electrons. The van der Waals surface area contributed by atoms with Crippen molar-refractivity contribution in [2.24, 2.45) is 0 Å². The van der Waals surface area contributed by atoms with Crippen LogP contribution in [0.25, 0.3) is 4.96 Å². The Morgan fingerprint density at radius 1 is 1.52 bits per heavy atom. The molecule has 0 saturated carbocycles. The fourth-order valence-corrected chi connectivity index (χ4v) is 3.35. The Balaban J connectivity index is 2.03. The number of hydrogen-bond acceptors (Lipinski definition) is 4. The van der Waals surface area contributed by atoms with Gasteiger partial charge in [-0.25, -0.2) is 4.39 Å². The lowest BCUT2D eigenvalue weighted by Gasteiger charge is -2.08. The van der Waals surface area contributed by atoms with Gasteiger partial charge in [-0.15, -0.1) is 11.3 Å². The van der Waals surface area contributed by atoms with E-state index in [1.54, 1.807) is 0 Å². The molecule has 0 saturated heterocycles. The van der Waals surface area contributed by atoms with Gasteiger partial charge in [0.15, 0.2) is 4.96 Å². The van der Waals surface area contributed by atoms with E-state index in [-0.39, 0.29) is 5.02 Å². The van der Waals surface area contributed by atoms with Gasteiger partial charge in [-0.1, -0.05) is 11.6 Å². The highest BCUT2D eigenvalue weighted by molar-refractivity contribution is 9.10. The third kappa shape index (κ3) is 2.78. The average molecular weight is 391 g/mol. The quantitative estimate of drug-likeness (QED) is 0.668. The van der Waals surface area contributed by atoms with E-state index < -0.39 is 5.82 Å². The Morgan fingerprint density at radius 2 is 2.33 bits per heavy atom. The number of halogens is 3. The van der Waals surface area contributed by atoms with Gasteiger partial charge in [-0.05, 0) is 29.0 Å². The zero-order valence-corrected chi connectivity index (χ0v) is 14.0. The number of ether oxygens (including phenoxy) is 1. The fourth-order valence-electron chi connectivity index (χ4n) is 1.91. The van der Waals surface area contributed by atoms with E-state index in [4.69, 9.17) is 16.3 Å². The summed E-state index contributed by atoms with van der Waals surface area (Å²) >= 11 is 10.5. The largest absolute Gasteiger partial charge is 0.436 e. The van der Waals surface area contributed by atoms with Crippen molar-refractivity contribution in [3.05, 3.63) is 44.7 Å². The average Bonchev–Trinajstić information content (AvgIpc) is 3.00. The van der Waals surface area contributed by atoms with Gasteiger partial charge in [0.2, 0.25) is 5.88 Å². The molecule has 0 bridgehead atoms. The molecule has 2 aromatic heterocycles. The summed E-state index contributed by atoms with van der Waals surface area (Å²) < 4.78 is 21.9.